The third kappa shape index (κ3) is 6.95. The number of rotatable bonds is 8. The summed E-state index contributed by atoms with van der Waals surface area (Å²) in [4.78, 5) is 0. The maximum Gasteiger partial charge on any atom is 0.146 e. The Bertz CT molecular complexity index is 1210. The van der Waals surface area contributed by atoms with Gasteiger partial charge in [-0.25, -0.2) is 4.39 Å². The summed E-state index contributed by atoms with van der Waals surface area (Å²) in [5.74, 6) is 7.70. The van der Waals surface area contributed by atoms with E-state index in [-0.39, 0.29) is 5.82 Å². The topological polar surface area (TPSA) is 0 Å². The van der Waals surface area contributed by atoms with E-state index in [9.17, 15) is 0 Å². The normalized spacial score (nSPS) is 17.9. The lowest BCUT2D eigenvalue weighted by Crippen LogP contribution is -2.14. The molecule has 0 unspecified atom stereocenters. The van der Waals surface area contributed by atoms with Gasteiger partial charge in [0.05, 0.1) is 5.56 Å². The zero-order chi connectivity index (χ0) is 24.5. The molecule has 0 spiro atoms. The third-order valence-corrected chi connectivity index (χ3v) is 7.46. The van der Waals surface area contributed by atoms with Gasteiger partial charge in [0.25, 0.3) is 0 Å². The van der Waals surface area contributed by atoms with Gasteiger partial charge in [-0.1, -0.05) is 79.3 Å². The summed E-state index contributed by atoms with van der Waals surface area (Å²) in [6.45, 7) is 5.92. The van der Waals surface area contributed by atoms with Gasteiger partial charge in [-0.2, -0.15) is 0 Å². The standard InChI is InChI=1S/C34H37F/c1-3-5-6-8-30-20-24-33-32(25-30)23-22-31(34(33)35)21-19-29-17-15-28(16-18-29)14-13-27-11-9-26(7-4-2)10-12-27/h3-5,15-18,20,22-27H,2,6-14H2,1H3/b5-3+. The fourth-order valence-electron chi connectivity index (χ4n) is 5.27. The largest absolute Gasteiger partial charge is 0.205 e. The van der Waals surface area contributed by atoms with Crippen LogP contribution in [0.25, 0.3) is 10.8 Å². The van der Waals surface area contributed by atoms with Crippen LogP contribution >= 0.6 is 0 Å². The van der Waals surface area contributed by atoms with E-state index in [2.05, 4.69) is 67.0 Å². The second-order valence-corrected chi connectivity index (χ2v) is 9.99. The molecule has 0 bridgehead atoms. The van der Waals surface area contributed by atoms with E-state index >= 15 is 4.39 Å². The quantitative estimate of drug-likeness (QED) is 0.230. The monoisotopic (exact) mass is 464 g/mol. The van der Waals surface area contributed by atoms with Crippen molar-refractivity contribution in [1.82, 2.24) is 0 Å². The van der Waals surface area contributed by atoms with Gasteiger partial charge in [0.1, 0.15) is 5.82 Å². The molecular weight excluding hydrogens is 427 g/mol. The highest BCUT2D eigenvalue weighted by Gasteiger charge is 2.19. The minimum Gasteiger partial charge on any atom is -0.205 e. The highest BCUT2D eigenvalue weighted by molar-refractivity contribution is 5.85. The number of benzene rings is 3. The molecule has 0 atom stereocenters. The summed E-state index contributed by atoms with van der Waals surface area (Å²) in [6, 6.07) is 18.3. The van der Waals surface area contributed by atoms with Crippen LogP contribution in [0, 0.1) is 29.5 Å². The predicted molar refractivity (Wildman–Crippen MR) is 148 cm³/mol. The molecule has 0 aliphatic heterocycles. The molecule has 3 aromatic rings. The maximum atomic E-state index is 15.1. The molecule has 0 N–H and O–H groups in total. The molecule has 0 saturated heterocycles. The molecule has 35 heavy (non-hydrogen) atoms. The van der Waals surface area contributed by atoms with Crippen molar-refractivity contribution in [3.05, 3.63) is 107 Å². The number of aryl methyl sites for hydroxylation is 2. The van der Waals surface area contributed by atoms with Crippen molar-refractivity contribution < 1.29 is 4.39 Å². The summed E-state index contributed by atoms with van der Waals surface area (Å²) in [5, 5.41) is 1.57. The lowest BCUT2D eigenvalue weighted by atomic mass is 9.78. The summed E-state index contributed by atoms with van der Waals surface area (Å²) < 4.78 is 15.1. The molecule has 3 aromatic carbocycles. The molecule has 1 heteroatoms. The van der Waals surface area contributed by atoms with Crippen LogP contribution in [0.2, 0.25) is 0 Å². The number of hydrogen-bond donors (Lipinski definition) is 0. The summed E-state index contributed by atoms with van der Waals surface area (Å²) in [6.07, 6.45) is 17.3. The van der Waals surface area contributed by atoms with Crippen LogP contribution in [0.4, 0.5) is 4.39 Å². The number of allylic oxidation sites excluding steroid dienone is 3. The molecule has 4 rings (SSSR count). The molecule has 1 aliphatic rings. The lowest BCUT2D eigenvalue weighted by molar-refractivity contribution is 0.265. The number of fused-ring (bicyclic) bond motifs is 1. The first-order valence-electron chi connectivity index (χ1n) is 13.2. The smallest absolute Gasteiger partial charge is 0.146 e. The highest BCUT2D eigenvalue weighted by Crippen LogP contribution is 2.33. The molecule has 180 valence electrons. The second kappa shape index (κ2) is 12.6. The van der Waals surface area contributed by atoms with Gasteiger partial charge in [0.15, 0.2) is 0 Å². The van der Waals surface area contributed by atoms with Gasteiger partial charge in [0, 0.05) is 10.9 Å². The van der Waals surface area contributed by atoms with Crippen LogP contribution < -0.4 is 0 Å². The SMILES string of the molecule is C=CCC1CCC(CCc2ccc(C#Cc3ccc4cc(CC/C=C/C)ccc4c3F)cc2)CC1. The Kier molecular flexibility index (Phi) is 8.96. The van der Waals surface area contributed by atoms with Crippen molar-refractivity contribution in [1.29, 1.82) is 0 Å². The molecule has 1 aliphatic carbocycles. The zero-order valence-corrected chi connectivity index (χ0v) is 21.0. The summed E-state index contributed by atoms with van der Waals surface area (Å²) in [5.41, 5.74) is 3.98. The predicted octanol–water partition coefficient (Wildman–Crippen LogP) is 9.20. The second-order valence-electron chi connectivity index (χ2n) is 9.99. The van der Waals surface area contributed by atoms with E-state index in [4.69, 9.17) is 0 Å². The molecule has 1 saturated carbocycles. The van der Waals surface area contributed by atoms with Crippen LogP contribution in [0.1, 0.15) is 74.1 Å². The van der Waals surface area contributed by atoms with Crippen LogP contribution in [-0.4, -0.2) is 0 Å². The Hall–Kier alpha value is -3.11. The van der Waals surface area contributed by atoms with Crippen molar-refractivity contribution in [2.24, 2.45) is 11.8 Å². The van der Waals surface area contributed by atoms with E-state index in [0.717, 1.165) is 42.0 Å². The Morgan fingerprint density at radius 2 is 1.63 bits per heavy atom. The van der Waals surface area contributed by atoms with Crippen LogP contribution in [-0.2, 0) is 12.8 Å². The first-order chi connectivity index (χ1) is 17.2. The van der Waals surface area contributed by atoms with Crippen molar-refractivity contribution in [3.8, 4) is 11.8 Å². The van der Waals surface area contributed by atoms with Gasteiger partial charge >= 0.3 is 0 Å². The lowest BCUT2D eigenvalue weighted by Gasteiger charge is -2.27. The molecule has 0 nitrogen and oxygen atoms in total. The van der Waals surface area contributed by atoms with E-state index in [1.807, 2.05) is 25.1 Å². The molecule has 0 heterocycles. The zero-order valence-electron chi connectivity index (χ0n) is 21.0. The van der Waals surface area contributed by atoms with Crippen molar-refractivity contribution in [2.75, 3.05) is 0 Å². The van der Waals surface area contributed by atoms with Gasteiger partial charge in [-0.3, -0.25) is 0 Å². The van der Waals surface area contributed by atoms with Crippen molar-refractivity contribution in [2.45, 2.75) is 64.7 Å². The molecule has 1 fully saturated rings. The van der Waals surface area contributed by atoms with Gasteiger partial charge < -0.3 is 0 Å². The van der Waals surface area contributed by atoms with E-state index in [1.54, 1.807) is 6.07 Å². The number of hydrogen-bond acceptors (Lipinski definition) is 0. The number of halogens is 1. The van der Waals surface area contributed by atoms with Crippen LogP contribution in [0.5, 0.6) is 0 Å². The average Bonchev–Trinajstić information content (AvgIpc) is 2.89. The Morgan fingerprint density at radius 3 is 2.37 bits per heavy atom. The van der Waals surface area contributed by atoms with Gasteiger partial charge in [-0.15, -0.1) is 6.58 Å². The van der Waals surface area contributed by atoms with Crippen LogP contribution in [0.3, 0.4) is 0 Å². The summed E-state index contributed by atoms with van der Waals surface area (Å²) >= 11 is 0. The minimum absolute atomic E-state index is 0.227. The molecule has 0 aromatic heterocycles. The van der Waals surface area contributed by atoms with Crippen molar-refractivity contribution >= 4 is 10.8 Å². The van der Waals surface area contributed by atoms with E-state index < -0.39 is 0 Å². The Morgan fingerprint density at radius 1 is 0.886 bits per heavy atom. The fraction of sp³-hybridized carbons (Fsp3) is 0.353. The Balaban J connectivity index is 1.35. The van der Waals surface area contributed by atoms with Crippen LogP contribution in [0.15, 0.2) is 79.4 Å². The highest BCUT2D eigenvalue weighted by atomic mass is 19.1. The summed E-state index contributed by atoms with van der Waals surface area (Å²) in [7, 11) is 0. The molecular formula is C34H37F. The Labute approximate surface area is 211 Å². The van der Waals surface area contributed by atoms with E-state index in [1.165, 1.54) is 49.7 Å². The minimum atomic E-state index is -0.227. The van der Waals surface area contributed by atoms with Gasteiger partial charge in [0.2, 0.25) is 0 Å². The first-order valence-corrected chi connectivity index (χ1v) is 13.2. The first kappa shape index (κ1) is 25.0. The molecule has 0 radical (unpaired) electrons. The fourth-order valence-corrected chi connectivity index (χ4v) is 5.27. The average molecular weight is 465 g/mol. The van der Waals surface area contributed by atoms with Gasteiger partial charge in [-0.05, 0) is 98.4 Å². The third-order valence-electron chi connectivity index (χ3n) is 7.46. The van der Waals surface area contributed by atoms with E-state index in [0.29, 0.717) is 10.9 Å². The maximum absolute atomic E-state index is 15.1. The molecule has 0 amide bonds. The van der Waals surface area contributed by atoms with Crippen molar-refractivity contribution in [3.63, 3.8) is 0 Å².